The van der Waals surface area contributed by atoms with Crippen molar-refractivity contribution in [2.75, 3.05) is 20.3 Å². The molecule has 0 amide bonds. The van der Waals surface area contributed by atoms with E-state index in [1.165, 1.54) is 38.5 Å². The highest BCUT2D eigenvalue weighted by Crippen LogP contribution is 2.38. The molecule has 0 aromatic heterocycles. The van der Waals surface area contributed by atoms with Gasteiger partial charge in [-0.2, -0.15) is 0 Å². The Morgan fingerprint density at radius 1 is 1.04 bits per heavy atom. The summed E-state index contributed by atoms with van der Waals surface area (Å²) in [5, 5.41) is 16.7. The van der Waals surface area contributed by atoms with Gasteiger partial charge < -0.3 is 20.5 Å². The Hall–Kier alpha value is -0.230. The molecule has 0 aromatic carbocycles. The maximum absolute atomic E-state index is 12.3. The lowest BCUT2D eigenvalue weighted by Gasteiger charge is -2.46. The molecule has 140 valence electrons. The number of halogens is 1. The zero-order valence-corrected chi connectivity index (χ0v) is 15.1. The highest BCUT2D eigenvalue weighted by Gasteiger charge is 2.38. The van der Waals surface area contributed by atoms with E-state index in [-0.39, 0.29) is 12.7 Å². The van der Waals surface area contributed by atoms with Crippen molar-refractivity contribution in [2.24, 2.45) is 11.8 Å². The number of alkyl halides is 1. The van der Waals surface area contributed by atoms with Crippen LogP contribution in [-0.2, 0) is 4.74 Å². The number of fused-ring (bicyclic) bond motifs is 1. The van der Waals surface area contributed by atoms with E-state index >= 15 is 0 Å². The lowest BCUT2D eigenvalue weighted by atomic mass is 9.72. The SMILES string of the molecule is CNC1CCC(C2CCC3CC(OCC(O)CF)CCC3N2)CC1. The van der Waals surface area contributed by atoms with Crippen LogP contribution in [0.4, 0.5) is 4.39 Å². The molecule has 1 aliphatic heterocycles. The largest absolute Gasteiger partial charge is 0.388 e. The first kappa shape index (κ1) is 18.6. The Bertz CT molecular complexity index is 376. The second kappa shape index (κ2) is 8.93. The van der Waals surface area contributed by atoms with E-state index in [2.05, 4.69) is 17.7 Å². The van der Waals surface area contributed by atoms with Crippen LogP contribution in [-0.4, -0.2) is 55.8 Å². The predicted octanol–water partition coefficient (Wildman–Crippen LogP) is 2.40. The van der Waals surface area contributed by atoms with Crippen molar-refractivity contribution in [2.45, 2.75) is 88.1 Å². The molecule has 3 N–H and O–H groups in total. The molecule has 1 heterocycles. The lowest BCUT2D eigenvalue weighted by Crippen LogP contribution is -2.54. The van der Waals surface area contributed by atoms with Crippen LogP contribution in [0, 0.1) is 11.8 Å². The van der Waals surface area contributed by atoms with E-state index in [0.29, 0.717) is 18.0 Å². The van der Waals surface area contributed by atoms with Crippen LogP contribution in [0.25, 0.3) is 0 Å². The number of hydrogen-bond donors (Lipinski definition) is 3. The molecule has 0 bridgehead atoms. The molecule has 4 nitrogen and oxygen atoms in total. The summed E-state index contributed by atoms with van der Waals surface area (Å²) in [4.78, 5) is 0. The summed E-state index contributed by atoms with van der Waals surface area (Å²) >= 11 is 0. The number of ether oxygens (including phenoxy) is 1. The molecular formula is C19H35FN2O2. The molecular weight excluding hydrogens is 307 g/mol. The summed E-state index contributed by atoms with van der Waals surface area (Å²) in [6, 6.07) is 2.07. The molecule has 5 atom stereocenters. The van der Waals surface area contributed by atoms with Gasteiger partial charge in [-0.25, -0.2) is 4.39 Å². The van der Waals surface area contributed by atoms with Gasteiger partial charge in [0.05, 0.1) is 12.7 Å². The van der Waals surface area contributed by atoms with Crippen LogP contribution in [0.1, 0.15) is 57.8 Å². The third-order valence-corrected chi connectivity index (χ3v) is 6.66. The van der Waals surface area contributed by atoms with Crippen molar-refractivity contribution in [1.82, 2.24) is 10.6 Å². The summed E-state index contributed by atoms with van der Waals surface area (Å²) in [5.74, 6) is 1.54. The molecule has 24 heavy (non-hydrogen) atoms. The minimum atomic E-state index is -0.954. The molecule has 0 spiro atoms. The average molecular weight is 342 g/mol. The number of aliphatic hydroxyl groups is 1. The van der Waals surface area contributed by atoms with Gasteiger partial charge in [-0.1, -0.05) is 0 Å². The molecule has 5 unspecified atom stereocenters. The van der Waals surface area contributed by atoms with Gasteiger partial charge in [0.1, 0.15) is 12.8 Å². The number of piperidine rings is 1. The molecule has 2 aliphatic carbocycles. The van der Waals surface area contributed by atoms with Crippen LogP contribution >= 0.6 is 0 Å². The number of hydrogen-bond acceptors (Lipinski definition) is 4. The summed E-state index contributed by atoms with van der Waals surface area (Å²) in [7, 11) is 2.08. The normalized spacial score (nSPS) is 41.6. The van der Waals surface area contributed by atoms with Crippen molar-refractivity contribution in [3.05, 3.63) is 0 Å². The first-order chi connectivity index (χ1) is 11.7. The Balaban J connectivity index is 1.42. The van der Waals surface area contributed by atoms with Crippen molar-refractivity contribution >= 4 is 0 Å². The Morgan fingerprint density at radius 2 is 1.71 bits per heavy atom. The monoisotopic (exact) mass is 342 g/mol. The van der Waals surface area contributed by atoms with Crippen molar-refractivity contribution in [3.8, 4) is 0 Å². The maximum atomic E-state index is 12.3. The van der Waals surface area contributed by atoms with E-state index in [4.69, 9.17) is 4.74 Å². The minimum Gasteiger partial charge on any atom is -0.388 e. The summed E-state index contributed by atoms with van der Waals surface area (Å²) < 4.78 is 18.1. The van der Waals surface area contributed by atoms with Crippen molar-refractivity contribution in [3.63, 3.8) is 0 Å². The van der Waals surface area contributed by atoms with E-state index in [1.807, 2.05) is 0 Å². The molecule has 2 saturated carbocycles. The molecule has 1 saturated heterocycles. The number of rotatable bonds is 6. The molecule has 3 rings (SSSR count). The Labute approximate surface area is 145 Å². The predicted molar refractivity (Wildman–Crippen MR) is 93.8 cm³/mol. The summed E-state index contributed by atoms with van der Waals surface area (Å²) in [6.45, 7) is -0.568. The highest BCUT2D eigenvalue weighted by molar-refractivity contribution is 4.95. The van der Waals surface area contributed by atoms with E-state index in [1.54, 1.807) is 0 Å². The van der Waals surface area contributed by atoms with Gasteiger partial charge in [0.25, 0.3) is 0 Å². The van der Waals surface area contributed by atoms with Gasteiger partial charge in [-0.15, -0.1) is 0 Å². The molecule has 3 fully saturated rings. The van der Waals surface area contributed by atoms with Gasteiger partial charge in [0.15, 0.2) is 0 Å². The summed E-state index contributed by atoms with van der Waals surface area (Å²) in [6.07, 6.45) is 10.4. The average Bonchev–Trinajstić information content (AvgIpc) is 2.65. The fraction of sp³-hybridized carbons (Fsp3) is 1.00. The second-order valence-electron chi connectivity index (χ2n) is 8.19. The third kappa shape index (κ3) is 4.69. The fourth-order valence-corrected chi connectivity index (χ4v) is 5.14. The maximum Gasteiger partial charge on any atom is 0.118 e. The Morgan fingerprint density at radius 3 is 2.42 bits per heavy atom. The van der Waals surface area contributed by atoms with Gasteiger partial charge in [-0.05, 0) is 76.7 Å². The van der Waals surface area contributed by atoms with Crippen molar-refractivity contribution < 1.29 is 14.2 Å². The molecule has 3 aliphatic rings. The molecule has 0 aromatic rings. The standard InChI is InChI=1S/C19H35FN2O2/c1-21-15-5-2-13(3-6-15)18-8-4-14-10-17(7-9-19(14)22-18)24-12-16(23)11-20/h13-19,21-23H,2-12H2,1H3. The van der Waals surface area contributed by atoms with Crippen molar-refractivity contribution in [1.29, 1.82) is 0 Å². The second-order valence-corrected chi connectivity index (χ2v) is 8.19. The lowest BCUT2D eigenvalue weighted by molar-refractivity contribution is -0.0495. The van der Waals surface area contributed by atoms with E-state index in [0.717, 1.165) is 31.2 Å². The molecule has 0 radical (unpaired) electrons. The van der Waals surface area contributed by atoms with E-state index in [9.17, 15) is 9.50 Å². The van der Waals surface area contributed by atoms with Gasteiger partial charge in [-0.3, -0.25) is 0 Å². The zero-order chi connectivity index (χ0) is 16.9. The van der Waals surface area contributed by atoms with Crippen LogP contribution in [0.3, 0.4) is 0 Å². The van der Waals surface area contributed by atoms with Gasteiger partial charge in [0.2, 0.25) is 0 Å². The quantitative estimate of drug-likeness (QED) is 0.694. The molecule has 5 heteroatoms. The fourth-order valence-electron chi connectivity index (χ4n) is 5.14. The topological polar surface area (TPSA) is 53.5 Å². The number of aliphatic hydroxyl groups excluding tert-OH is 1. The Kier molecular flexibility index (Phi) is 6.90. The van der Waals surface area contributed by atoms with Gasteiger partial charge in [0, 0.05) is 18.1 Å². The van der Waals surface area contributed by atoms with Crippen LogP contribution in [0.15, 0.2) is 0 Å². The zero-order valence-electron chi connectivity index (χ0n) is 15.1. The number of nitrogens with one attached hydrogen (secondary N) is 2. The minimum absolute atomic E-state index is 0.142. The van der Waals surface area contributed by atoms with Crippen LogP contribution in [0.2, 0.25) is 0 Å². The smallest absolute Gasteiger partial charge is 0.118 e. The highest BCUT2D eigenvalue weighted by atomic mass is 19.1. The van der Waals surface area contributed by atoms with E-state index < -0.39 is 12.8 Å². The van der Waals surface area contributed by atoms with Crippen LogP contribution < -0.4 is 10.6 Å². The van der Waals surface area contributed by atoms with Crippen LogP contribution in [0.5, 0.6) is 0 Å². The first-order valence-corrected chi connectivity index (χ1v) is 9.98. The first-order valence-electron chi connectivity index (χ1n) is 9.98. The third-order valence-electron chi connectivity index (χ3n) is 6.66. The van der Waals surface area contributed by atoms with Gasteiger partial charge >= 0.3 is 0 Å². The summed E-state index contributed by atoms with van der Waals surface area (Å²) in [5.41, 5.74) is 0.